The van der Waals surface area contributed by atoms with Gasteiger partial charge in [0.15, 0.2) is 18.3 Å². The van der Waals surface area contributed by atoms with E-state index in [1.807, 2.05) is 0 Å². The van der Waals surface area contributed by atoms with Gasteiger partial charge in [-0.25, -0.2) is 8.78 Å². The molecule has 5 nitrogen and oxygen atoms in total. The molecule has 30 heavy (non-hydrogen) atoms. The molecular weight excluding hydrogens is 445 g/mol. The van der Waals surface area contributed by atoms with Gasteiger partial charge in [0.1, 0.15) is 11.5 Å². The molecule has 13 heteroatoms. The highest BCUT2D eigenvalue weighted by atomic mass is 32.1. The largest absolute Gasteiger partial charge is 0.487 e. The van der Waals surface area contributed by atoms with Crippen LogP contribution in [0.1, 0.15) is 12.8 Å². The molecule has 1 heterocycles. The number of nitrogens with one attached hydrogen (secondary N) is 2. The Morgan fingerprint density at radius 2 is 1.73 bits per heavy atom. The monoisotopic (exact) mass is 464 g/mol. The predicted molar refractivity (Wildman–Crippen MR) is 97.6 cm³/mol. The zero-order chi connectivity index (χ0) is 22.4. The van der Waals surface area contributed by atoms with E-state index in [0.29, 0.717) is 13.2 Å². The van der Waals surface area contributed by atoms with Crippen molar-refractivity contribution < 1.29 is 44.9 Å². The van der Waals surface area contributed by atoms with Crippen LogP contribution in [0.3, 0.4) is 0 Å². The fraction of sp³-hybridized carbons (Fsp3) is 0.588. The number of benzene rings is 1. The Morgan fingerprint density at radius 1 is 1.10 bits per heavy atom. The molecule has 0 amide bonds. The Morgan fingerprint density at radius 3 is 2.27 bits per heavy atom. The zero-order valence-electron chi connectivity index (χ0n) is 15.4. The third-order valence-electron chi connectivity index (χ3n) is 3.81. The Hall–Kier alpha value is -2.02. The summed E-state index contributed by atoms with van der Waals surface area (Å²) in [5.41, 5.74) is 0.0508. The highest BCUT2D eigenvalue weighted by Crippen LogP contribution is 2.30. The maximum absolute atomic E-state index is 13.1. The number of halogens is 7. The summed E-state index contributed by atoms with van der Waals surface area (Å²) >= 11 is 5.08. The number of anilines is 1. The molecule has 1 atom stereocenters. The van der Waals surface area contributed by atoms with Crippen molar-refractivity contribution in [3.63, 3.8) is 0 Å². The van der Waals surface area contributed by atoms with E-state index in [4.69, 9.17) is 17.0 Å². The van der Waals surface area contributed by atoms with Crippen molar-refractivity contribution in [1.29, 1.82) is 0 Å². The molecule has 1 unspecified atom stereocenters. The van der Waals surface area contributed by atoms with Crippen molar-refractivity contribution in [2.75, 3.05) is 31.7 Å². The van der Waals surface area contributed by atoms with Crippen molar-refractivity contribution in [3.8, 4) is 11.5 Å². The number of ether oxygens (including phenoxy) is 3. The van der Waals surface area contributed by atoms with Crippen LogP contribution in [0, 0.1) is 0 Å². The lowest BCUT2D eigenvalue weighted by Gasteiger charge is -2.18. The Balaban J connectivity index is 2.06. The van der Waals surface area contributed by atoms with Gasteiger partial charge in [0.05, 0.1) is 6.10 Å². The Bertz CT molecular complexity index is 713. The third kappa shape index (κ3) is 8.38. The zero-order valence-corrected chi connectivity index (χ0v) is 16.2. The summed E-state index contributed by atoms with van der Waals surface area (Å²) in [7, 11) is 0. The van der Waals surface area contributed by atoms with Gasteiger partial charge in [0.25, 0.3) is 0 Å². The standard InChI is InChI=1S/C17H19F7N2O3S/c18-14(19)16(20,21)8-28-12-4-10(5-13(6-12)29-9-17(22,23)24)26-15(30)25-7-11-2-1-3-27-11/h4-6,11,14H,1-3,7-9H2,(H2,25,26,30). The second kappa shape index (κ2) is 10.3. The highest BCUT2D eigenvalue weighted by Gasteiger charge is 2.41. The topological polar surface area (TPSA) is 51.8 Å². The van der Waals surface area contributed by atoms with Gasteiger partial charge in [-0.15, -0.1) is 0 Å². The minimum atomic E-state index is -4.65. The van der Waals surface area contributed by atoms with Gasteiger partial charge in [-0.2, -0.15) is 22.0 Å². The van der Waals surface area contributed by atoms with Crippen LogP contribution >= 0.6 is 12.2 Å². The first-order chi connectivity index (χ1) is 13.9. The van der Waals surface area contributed by atoms with Crippen LogP contribution in [0.5, 0.6) is 11.5 Å². The van der Waals surface area contributed by atoms with Crippen LogP contribution in [0.4, 0.5) is 36.4 Å². The van der Waals surface area contributed by atoms with Gasteiger partial charge in [-0.3, -0.25) is 0 Å². The number of hydrogen-bond donors (Lipinski definition) is 2. The molecule has 0 radical (unpaired) electrons. The smallest absolute Gasteiger partial charge is 0.422 e. The lowest BCUT2D eigenvalue weighted by atomic mass is 10.2. The third-order valence-corrected chi connectivity index (χ3v) is 4.05. The highest BCUT2D eigenvalue weighted by molar-refractivity contribution is 7.80. The Labute approximate surface area is 172 Å². The molecule has 0 aliphatic carbocycles. The summed E-state index contributed by atoms with van der Waals surface area (Å²) < 4.78 is 103. The molecule has 1 saturated heterocycles. The fourth-order valence-corrected chi connectivity index (χ4v) is 2.61. The van der Waals surface area contributed by atoms with Gasteiger partial charge < -0.3 is 24.8 Å². The maximum Gasteiger partial charge on any atom is 0.422 e. The van der Waals surface area contributed by atoms with E-state index in [-0.39, 0.29) is 22.7 Å². The van der Waals surface area contributed by atoms with E-state index in [2.05, 4.69) is 20.1 Å². The van der Waals surface area contributed by atoms with Crippen molar-refractivity contribution in [1.82, 2.24) is 5.32 Å². The summed E-state index contributed by atoms with van der Waals surface area (Å²) in [6.07, 6.45) is -6.90. The fourth-order valence-electron chi connectivity index (χ4n) is 2.41. The number of rotatable bonds is 9. The number of alkyl halides is 7. The minimum Gasteiger partial charge on any atom is -0.487 e. The summed E-state index contributed by atoms with van der Waals surface area (Å²) in [5.74, 6) is -5.22. The van der Waals surface area contributed by atoms with Crippen molar-refractivity contribution >= 4 is 23.0 Å². The van der Waals surface area contributed by atoms with Gasteiger partial charge in [0, 0.05) is 37.0 Å². The van der Waals surface area contributed by atoms with Gasteiger partial charge in [-0.05, 0) is 25.1 Å². The molecule has 2 N–H and O–H groups in total. The first-order valence-corrected chi connectivity index (χ1v) is 9.15. The molecule has 1 fully saturated rings. The van der Waals surface area contributed by atoms with E-state index in [1.165, 1.54) is 0 Å². The molecule has 2 rings (SSSR count). The van der Waals surface area contributed by atoms with Crippen molar-refractivity contribution in [3.05, 3.63) is 18.2 Å². The van der Waals surface area contributed by atoms with Crippen LogP contribution in [0.2, 0.25) is 0 Å². The van der Waals surface area contributed by atoms with Gasteiger partial charge >= 0.3 is 18.5 Å². The van der Waals surface area contributed by atoms with Crippen LogP contribution in [-0.4, -0.2) is 56.1 Å². The van der Waals surface area contributed by atoms with E-state index in [1.54, 1.807) is 0 Å². The van der Waals surface area contributed by atoms with E-state index >= 15 is 0 Å². The molecule has 0 bridgehead atoms. The second-order valence-corrected chi connectivity index (χ2v) is 6.83. The number of hydrogen-bond acceptors (Lipinski definition) is 4. The van der Waals surface area contributed by atoms with Crippen LogP contribution < -0.4 is 20.1 Å². The lowest BCUT2D eigenvalue weighted by Crippen LogP contribution is -2.35. The molecule has 1 aromatic rings. The van der Waals surface area contributed by atoms with Gasteiger partial charge in [-0.1, -0.05) is 0 Å². The number of thiocarbonyl (C=S) groups is 1. The molecule has 1 aromatic carbocycles. The molecule has 170 valence electrons. The molecule has 0 saturated carbocycles. The summed E-state index contributed by atoms with van der Waals surface area (Å²) in [6.45, 7) is -2.30. The first-order valence-electron chi connectivity index (χ1n) is 8.74. The normalized spacial score (nSPS) is 17.1. The van der Waals surface area contributed by atoms with Crippen molar-refractivity contribution in [2.24, 2.45) is 0 Å². The molecule has 1 aliphatic heterocycles. The van der Waals surface area contributed by atoms with E-state index < -0.39 is 37.5 Å². The predicted octanol–water partition coefficient (Wildman–Crippen LogP) is 4.37. The van der Waals surface area contributed by atoms with E-state index in [0.717, 1.165) is 31.0 Å². The van der Waals surface area contributed by atoms with Crippen molar-refractivity contribution in [2.45, 2.75) is 37.5 Å². The Kier molecular flexibility index (Phi) is 8.35. The van der Waals surface area contributed by atoms with E-state index in [9.17, 15) is 30.7 Å². The minimum absolute atomic E-state index is 0.0401. The lowest BCUT2D eigenvalue weighted by molar-refractivity contribution is -0.153. The SMILES string of the molecule is FC(F)C(F)(F)COc1cc(NC(=S)NCC2CCCO2)cc(OCC(F)(F)F)c1. The average Bonchev–Trinajstić information content (AvgIpc) is 3.16. The van der Waals surface area contributed by atoms with Crippen LogP contribution in [0.15, 0.2) is 18.2 Å². The molecular formula is C17H19F7N2O3S. The summed E-state index contributed by atoms with van der Waals surface area (Å²) in [6, 6.07) is 3.12. The summed E-state index contributed by atoms with van der Waals surface area (Å²) in [5, 5.41) is 5.59. The molecule has 0 spiro atoms. The quantitative estimate of drug-likeness (QED) is 0.418. The average molecular weight is 464 g/mol. The van der Waals surface area contributed by atoms with Gasteiger partial charge in [0.2, 0.25) is 0 Å². The molecule has 1 aliphatic rings. The van der Waals surface area contributed by atoms with Crippen LogP contribution in [0.25, 0.3) is 0 Å². The maximum atomic E-state index is 13.1. The van der Waals surface area contributed by atoms with Crippen LogP contribution in [-0.2, 0) is 4.74 Å². The summed E-state index contributed by atoms with van der Waals surface area (Å²) in [4.78, 5) is 0. The first kappa shape index (κ1) is 24.3. The second-order valence-electron chi connectivity index (χ2n) is 6.42. The molecule has 0 aromatic heterocycles.